The van der Waals surface area contributed by atoms with Gasteiger partial charge in [-0.3, -0.25) is 14.4 Å². The van der Waals surface area contributed by atoms with E-state index in [1.54, 1.807) is 13.2 Å². The SMILES string of the molecule is Cn1cc(C(=O)NCC2(N3CCOCC3)CCC2)nn1. The largest absolute Gasteiger partial charge is 0.379 e. The maximum Gasteiger partial charge on any atom is 0.273 e. The van der Waals surface area contributed by atoms with E-state index >= 15 is 0 Å². The van der Waals surface area contributed by atoms with Crippen LogP contribution in [-0.4, -0.2) is 64.2 Å². The van der Waals surface area contributed by atoms with Gasteiger partial charge < -0.3 is 10.1 Å². The first-order chi connectivity index (χ1) is 9.70. The molecule has 2 heterocycles. The third-order valence-corrected chi connectivity index (χ3v) is 4.38. The number of nitrogens with zero attached hydrogens (tertiary/aromatic N) is 4. The van der Waals surface area contributed by atoms with Crippen LogP contribution >= 0.6 is 0 Å². The number of amides is 1. The topological polar surface area (TPSA) is 72.3 Å². The molecule has 1 N–H and O–H groups in total. The van der Waals surface area contributed by atoms with E-state index in [1.165, 1.54) is 11.1 Å². The van der Waals surface area contributed by atoms with Gasteiger partial charge in [-0.1, -0.05) is 5.21 Å². The van der Waals surface area contributed by atoms with Crippen molar-refractivity contribution in [3.05, 3.63) is 11.9 Å². The fourth-order valence-corrected chi connectivity index (χ4v) is 3.01. The van der Waals surface area contributed by atoms with Crippen molar-refractivity contribution in [3.8, 4) is 0 Å². The van der Waals surface area contributed by atoms with Crippen LogP contribution in [0.3, 0.4) is 0 Å². The second-order valence-corrected chi connectivity index (χ2v) is 5.64. The van der Waals surface area contributed by atoms with Crippen LogP contribution in [0.1, 0.15) is 29.8 Å². The molecule has 7 nitrogen and oxygen atoms in total. The first-order valence-electron chi connectivity index (χ1n) is 7.17. The molecule has 0 radical (unpaired) electrons. The molecule has 1 amide bonds. The highest BCUT2D eigenvalue weighted by molar-refractivity contribution is 5.91. The second-order valence-electron chi connectivity index (χ2n) is 5.64. The minimum absolute atomic E-state index is 0.127. The predicted octanol–water partition coefficient (Wildman–Crippen LogP) is -0.200. The number of ether oxygens (including phenoxy) is 1. The molecule has 3 rings (SSSR count). The molecule has 110 valence electrons. The Morgan fingerprint density at radius 2 is 2.20 bits per heavy atom. The van der Waals surface area contributed by atoms with Crippen molar-refractivity contribution in [2.24, 2.45) is 7.05 Å². The molecule has 2 aliphatic rings. The molecule has 0 atom stereocenters. The molecule has 1 aliphatic heterocycles. The average Bonchev–Trinajstić information content (AvgIpc) is 2.85. The van der Waals surface area contributed by atoms with E-state index in [0.29, 0.717) is 12.2 Å². The molecule has 20 heavy (non-hydrogen) atoms. The van der Waals surface area contributed by atoms with Gasteiger partial charge in [-0.2, -0.15) is 0 Å². The fourth-order valence-electron chi connectivity index (χ4n) is 3.01. The third-order valence-electron chi connectivity index (χ3n) is 4.38. The van der Waals surface area contributed by atoms with Crippen LogP contribution in [0.2, 0.25) is 0 Å². The molecule has 1 aromatic rings. The lowest BCUT2D eigenvalue weighted by Gasteiger charge is -2.51. The van der Waals surface area contributed by atoms with Crippen molar-refractivity contribution in [2.75, 3.05) is 32.8 Å². The van der Waals surface area contributed by atoms with Crippen LogP contribution in [0.5, 0.6) is 0 Å². The number of carbonyl (C=O) groups excluding carboxylic acids is 1. The fraction of sp³-hybridized carbons (Fsp3) is 0.769. The Morgan fingerprint density at radius 3 is 2.75 bits per heavy atom. The Kier molecular flexibility index (Phi) is 3.71. The average molecular weight is 279 g/mol. The monoisotopic (exact) mass is 279 g/mol. The first kappa shape index (κ1) is 13.5. The van der Waals surface area contributed by atoms with Crippen LogP contribution in [0.25, 0.3) is 0 Å². The number of rotatable bonds is 4. The Morgan fingerprint density at radius 1 is 1.45 bits per heavy atom. The molecule has 2 fully saturated rings. The van der Waals surface area contributed by atoms with Crippen LogP contribution in [0.15, 0.2) is 6.20 Å². The van der Waals surface area contributed by atoms with Crippen molar-refractivity contribution in [3.63, 3.8) is 0 Å². The number of carbonyl (C=O) groups is 1. The van der Waals surface area contributed by atoms with Gasteiger partial charge in [0.25, 0.3) is 5.91 Å². The zero-order valence-electron chi connectivity index (χ0n) is 11.8. The van der Waals surface area contributed by atoms with Crippen molar-refractivity contribution in [1.82, 2.24) is 25.2 Å². The van der Waals surface area contributed by atoms with E-state index in [2.05, 4.69) is 20.5 Å². The van der Waals surface area contributed by atoms with Crippen molar-refractivity contribution >= 4 is 5.91 Å². The summed E-state index contributed by atoms with van der Waals surface area (Å²) < 4.78 is 6.95. The van der Waals surface area contributed by atoms with Crippen LogP contribution < -0.4 is 5.32 Å². The highest BCUT2D eigenvalue weighted by Crippen LogP contribution is 2.37. The summed E-state index contributed by atoms with van der Waals surface area (Å²) in [6, 6.07) is 0. The molecule has 7 heteroatoms. The number of hydrogen-bond donors (Lipinski definition) is 1. The minimum atomic E-state index is -0.141. The first-order valence-corrected chi connectivity index (χ1v) is 7.17. The second kappa shape index (κ2) is 5.49. The minimum Gasteiger partial charge on any atom is -0.379 e. The van der Waals surface area contributed by atoms with Gasteiger partial charge in [0.15, 0.2) is 5.69 Å². The summed E-state index contributed by atoms with van der Waals surface area (Å²) in [5.74, 6) is -0.141. The van der Waals surface area contributed by atoms with Crippen LogP contribution in [0.4, 0.5) is 0 Å². The lowest BCUT2D eigenvalue weighted by atomic mass is 9.75. The van der Waals surface area contributed by atoms with Crippen LogP contribution in [-0.2, 0) is 11.8 Å². The summed E-state index contributed by atoms with van der Waals surface area (Å²) in [6.07, 6.45) is 5.16. The molecular weight excluding hydrogens is 258 g/mol. The summed E-state index contributed by atoms with van der Waals surface area (Å²) in [5, 5.41) is 10.6. The summed E-state index contributed by atoms with van der Waals surface area (Å²) >= 11 is 0. The van der Waals surface area contributed by atoms with Gasteiger partial charge in [0, 0.05) is 32.2 Å². The maximum absolute atomic E-state index is 12.1. The van der Waals surface area contributed by atoms with Gasteiger partial charge in [0.1, 0.15) is 0 Å². The van der Waals surface area contributed by atoms with Gasteiger partial charge in [-0.05, 0) is 19.3 Å². The van der Waals surface area contributed by atoms with Gasteiger partial charge in [0.2, 0.25) is 0 Å². The van der Waals surface area contributed by atoms with E-state index in [1.807, 2.05) is 0 Å². The number of aryl methyl sites for hydroxylation is 1. The van der Waals surface area contributed by atoms with E-state index < -0.39 is 0 Å². The van der Waals surface area contributed by atoms with Gasteiger partial charge in [0.05, 0.1) is 19.4 Å². The smallest absolute Gasteiger partial charge is 0.273 e. The Balaban J connectivity index is 1.59. The highest BCUT2D eigenvalue weighted by atomic mass is 16.5. The third kappa shape index (κ3) is 2.55. The summed E-state index contributed by atoms with van der Waals surface area (Å²) in [5.41, 5.74) is 0.505. The van der Waals surface area contributed by atoms with Crippen molar-refractivity contribution in [1.29, 1.82) is 0 Å². The van der Waals surface area contributed by atoms with Gasteiger partial charge in [-0.25, -0.2) is 0 Å². The molecular formula is C13H21N5O2. The maximum atomic E-state index is 12.1. The predicted molar refractivity (Wildman–Crippen MR) is 72.3 cm³/mol. The standard InChI is InChI=1S/C13H21N5O2/c1-17-9-11(15-16-17)12(19)14-10-13(3-2-4-13)18-5-7-20-8-6-18/h9H,2-8,10H2,1H3,(H,14,19). The lowest BCUT2D eigenvalue weighted by Crippen LogP contribution is -2.62. The van der Waals surface area contributed by atoms with E-state index in [9.17, 15) is 4.79 Å². The lowest BCUT2D eigenvalue weighted by molar-refractivity contribution is -0.0540. The molecule has 0 aromatic carbocycles. The molecule has 1 saturated carbocycles. The van der Waals surface area contributed by atoms with Gasteiger partial charge in [-0.15, -0.1) is 5.10 Å². The normalized spacial score (nSPS) is 22.2. The summed E-state index contributed by atoms with van der Waals surface area (Å²) in [6.45, 7) is 4.18. The van der Waals surface area contributed by atoms with Crippen molar-refractivity contribution < 1.29 is 9.53 Å². The highest BCUT2D eigenvalue weighted by Gasteiger charge is 2.43. The molecule has 1 saturated heterocycles. The van der Waals surface area contributed by atoms with E-state index in [-0.39, 0.29) is 11.4 Å². The van der Waals surface area contributed by atoms with Crippen LogP contribution in [0, 0.1) is 0 Å². The molecule has 0 bridgehead atoms. The Labute approximate surface area is 118 Å². The summed E-state index contributed by atoms with van der Waals surface area (Å²) in [4.78, 5) is 14.5. The van der Waals surface area contributed by atoms with E-state index in [0.717, 1.165) is 39.1 Å². The molecule has 0 unspecified atom stereocenters. The number of hydrogen-bond acceptors (Lipinski definition) is 5. The summed E-state index contributed by atoms with van der Waals surface area (Å²) in [7, 11) is 1.75. The zero-order valence-corrected chi connectivity index (χ0v) is 11.8. The van der Waals surface area contributed by atoms with Gasteiger partial charge >= 0.3 is 0 Å². The number of aromatic nitrogens is 3. The van der Waals surface area contributed by atoms with Crippen molar-refractivity contribution in [2.45, 2.75) is 24.8 Å². The zero-order chi connectivity index (χ0) is 14.0. The number of nitrogens with one attached hydrogen (secondary N) is 1. The quantitative estimate of drug-likeness (QED) is 0.826. The Bertz CT molecular complexity index is 477. The van der Waals surface area contributed by atoms with E-state index in [4.69, 9.17) is 4.74 Å². The molecule has 1 aromatic heterocycles. The molecule has 0 spiro atoms. The number of morpholine rings is 1. The molecule has 1 aliphatic carbocycles. The Hall–Kier alpha value is -1.47.